The summed E-state index contributed by atoms with van der Waals surface area (Å²) >= 11 is 0. The zero-order valence-electron chi connectivity index (χ0n) is 15.1. The van der Waals surface area contributed by atoms with E-state index >= 15 is 0 Å². The van der Waals surface area contributed by atoms with E-state index in [9.17, 15) is 13.6 Å². The lowest BCUT2D eigenvalue weighted by Crippen LogP contribution is -2.15. The minimum atomic E-state index is -0.759. The molecule has 138 valence electrons. The quantitative estimate of drug-likeness (QED) is 0.702. The number of nitrogens with zero attached hydrogens (tertiary/aromatic N) is 2. The van der Waals surface area contributed by atoms with Crippen LogP contribution < -0.4 is 10.6 Å². The number of carbonyl (C=O) groups excluding carboxylic acids is 1. The van der Waals surface area contributed by atoms with Crippen molar-refractivity contribution in [3.63, 3.8) is 0 Å². The van der Waals surface area contributed by atoms with Gasteiger partial charge in [-0.3, -0.25) is 4.79 Å². The van der Waals surface area contributed by atoms with Crippen LogP contribution in [0, 0.1) is 32.4 Å². The van der Waals surface area contributed by atoms with Crippen molar-refractivity contribution in [1.82, 2.24) is 9.97 Å². The van der Waals surface area contributed by atoms with Crippen LogP contribution in [0.5, 0.6) is 0 Å². The van der Waals surface area contributed by atoms with E-state index in [1.807, 2.05) is 32.9 Å². The zero-order valence-corrected chi connectivity index (χ0v) is 15.1. The molecular formula is C20H18F2N4O. The van der Waals surface area contributed by atoms with E-state index in [1.165, 1.54) is 18.5 Å². The van der Waals surface area contributed by atoms with E-state index in [2.05, 4.69) is 20.6 Å². The molecule has 27 heavy (non-hydrogen) atoms. The number of halogens is 2. The molecule has 7 heteroatoms. The van der Waals surface area contributed by atoms with E-state index in [1.54, 1.807) is 0 Å². The fourth-order valence-electron chi connectivity index (χ4n) is 2.78. The molecule has 0 saturated carbocycles. The summed E-state index contributed by atoms with van der Waals surface area (Å²) in [7, 11) is 0. The van der Waals surface area contributed by atoms with Gasteiger partial charge in [-0.15, -0.1) is 0 Å². The first-order valence-corrected chi connectivity index (χ1v) is 8.27. The van der Waals surface area contributed by atoms with Gasteiger partial charge in [0.15, 0.2) is 0 Å². The van der Waals surface area contributed by atoms with Crippen molar-refractivity contribution in [2.45, 2.75) is 20.8 Å². The van der Waals surface area contributed by atoms with Gasteiger partial charge in [0, 0.05) is 24.1 Å². The van der Waals surface area contributed by atoms with Gasteiger partial charge in [-0.25, -0.2) is 18.7 Å². The Labute approximate surface area is 155 Å². The SMILES string of the molecule is Cc1cc(C)c(NC(=O)c2cnc(Nc3ccc(F)cc3F)nc2)c(C)c1. The van der Waals surface area contributed by atoms with Crippen LogP contribution in [-0.4, -0.2) is 15.9 Å². The Kier molecular flexibility index (Phi) is 5.12. The summed E-state index contributed by atoms with van der Waals surface area (Å²) in [5, 5.41) is 5.51. The Hall–Kier alpha value is -3.35. The molecule has 0 unspecified atom stereocenters. The van der Waals surface area contributed by atoms with Crippen LogP contribution in [0.2, 0.25) is 0 Å². The summed E-state index contributed by atoms with van der Waals surface area (Å²) in [5.41, 5.74) is 4.11. The molecule has 3 rings (SSSR count). The van der Waals surface area contributed by atoms with E-state index in [0.29, 0.717) is 0 Å². The van der Waals surface area contributed by atoms with Crippen LogP contribution in [-0.2, 0) is 0 Å². The van der Waals surface area contributed by atoms with Gasteiger partial charge in [0.2, 0.25) is 5.95 Å². The second-order valence-corrected chi connectivity index (χ2v) is 6.27. The monoisotopic (exact) mass is 368 g/mol. The third-order valence-electron chi connectivity index (χ3n) is 4.01. The highest BCUT2D eigenvalue weighted by Crippen LogP contribution is 2.23. The minimum absolute atomic E-state index is 0.0412. The number of aryl methyl sites for hydroxylation is 3. The normalized spacial score (nSPS) is 10.6. The van der Waals surface area contributed by atoms with Crippen LogP contribution >= 0.6 is 0 Å². The molecule has 0 aliphatic heterocycles. The number of aromatic nitrogens is 2. The molecule has 1 aromatic heterocycles. The summed E-state index contributed by atoms with van der Waals surface area (Å²) in [4.78, 5) is 20.5. The third kappa shape index (κ3) is 4.25. The van der Waals surface area contributed by atoms with Gasteiger partial charge in [0.25, 0.3) is 5.91 Å². The Bertz CT molecular complexity index is 980. The first-order valence-electron chi connectivity index (χ1n) is 8.27. The Morgan fingerprint density at radius 3 is 2.19 bits per heavy atom. The van der Waals surface area contributed by atoms with Crippen molar-refractivity contribution in [3.8, 4) is 0 Å². The number of hydrogen-bond acceptors (Lipinski definition) is 4. The Morgan fingerprint density at radius 1 is 0.963 bits per heavy atom. The average Bonchev–Trinajstić information content (AvgIpc) is 2.61. The van der Waals surface area contributed by atoms with Crippen molar-refractivity contribution in [3.05, 3.63) is 76.6 Å². The maximum Gasteiger partial charge on any atom is 0.258 e. The van der Waals surface area contributed by atoms with Crippen LogP contribution in [0.1, 0.15) is 27.0 Å². The van der Waals surface area contributed by atoms with Crippen molar-refractivity contribution < 1.29 is 13.6 Å². The largest absolute Gasteiger partial charge is 0.322 e. The van der Waals surface area contributed by atoms with E-state index < -0.39 is 11.6 Å². The summed E-state index contributed by atoms with van der Waals surface area (Å²) in [6, 6.07) is 7.11. The number of anilines is 3. The molecule has 5 nitrogen and oxygen atoms in total. The van der Waals surface area contributed by atoms with Gasteiger partial charge in [-0.05, 0) is 44.0 Å². The number of amides is 1. The van der Waals surface area contributed by atoms with Crippen LogP contribution in [0.4, 0.5) is 26.1 Å². The predicted octanol–water partition coefficient (Wildman–Crippen LogP) is 4.68. The number of hydrogen-bond donors (Lipinski definition) is 2. The van der Waals surface area contributed by atoms with E-state index in [0.717, 1.165) is 34.5 Å². The molecule has 0 fully saturated rings. The lowest BCUT2D eigenvalue weighted by atomic mass is 10.0. The number of rotatable bonds is 4. The van der Waals surface area contributed by atoms with Crippen molar-refractivity contribution in [1.29, 1.82) is 0 Å². The molecule has 2 aromatic carbocycles. The summed E-state index contributed by atoms with van der Waals surface area (Å²) in [5.74, 6) is -1.68. The van der Waals surface area contributed by atoms with Crippen LogP contribution in [0.3, 0.4) is 0 Å². The van der Waals surface area contributed by atoms with Gasteiger partial charge >= 0.3 is 0 Å². The molecule has 0 bridgehead atoms. The lowest BCUT2D eigenvalue weighted by Gasteiger charge is -2.13. The molecule has 2 N–H and O–H groups in total. The van der Waals surface area contributed by atoms with Gasteiger partial charge in [-0.2, -0.15) is 0 Å². The van der Waals surface area contributed by atoms with Crippen molar-refractivity contribution in [2.75, 3.05) is 10.6 Å². The van der Waals surface area contributed by atoms with Gasteiger partial charge in [-0.1, -0.05) is 17.7 Å². The molecule has 0 saturated heterocycles. The first kappa shape index (κ1) is 18.4. The Morgan fingerprint density at radius 2 is 1.59 bits per heavy atom. The van der Waals surface area contributed by atoms with E-state index in [4.69, 9.17) is 0 Å². The highest BCUT2D eigenvalue weighted by Gasteiger charge is 2.12. The summed E-state index contributed by atoms with van der Waals surface area (Å²) < 4.78 is 26.6. The highest BCUT2D eigenvalue weighted by atomic mass is 19.1. The number of benzene rings is 2. The van der Waals surface area contributed by atoms with Gasteiger partial charge < -0.3 is 10.6 Å². The third-order valence-corrected chi connectivity index (χ3v) is 4.01. The summed E-state index contributed by atoms with van der Waals surface area (Å²) in [6.07, 6.45) is 2.68. The number of carbonyl (C=O) groups is 1. The predicted molar refractivity (Wildman–Crippen MR) is 100 cm³/mol. The standard InChI is InChI=1S/C20H18F2N4O/c1-11-6-12(2)18(13(3)7-11)26-19(27)14-9-23-20(24-10-14)25-17-5-4-15(21)8-16(17)22/h4-10H,1-3H3,(H,26,27)(H,23,24,25). The summed E-state index contributed by atoms with van der Waals surface area (Å²) in [6.45, 7) is 5.85. The molecular weight excluding hydrogens is 350 g/mol. The first-order chi connectivity index (χ1) is 12.8. The molecule has 0 atom stereocenters. The molecule has 1 heterocycles. The van der Waals surface area contributed by atoms with Crippen LogP contribution in [0.15, 0.2) is 42.7 Å². The zero-order chi connectivity index (χ0) is 19.6. The molecule has 0 radical (unpaired) electrons. The van der Waals surface area contributed by atoms with E-state index in [-0.39, 0.29) is 23.1 Å². The van der Waals surface area contributed by atoms with Gasteiger partial charge in [0.05, 0.1) is 11.3 Å². The fourth-order valence-corrected chi connectivity index (χ4v) is 2.78. The van der Waals surface area contributed by atoms with Crippen molar-refractivity contribution in [2.24, 2.45) is 0 Å². The lowest BCUT2D eigenvalue weighted by molar-refractivity contribution is 0.102. The molecule has 3 aromatic rings. The van der Waals surface area contributed by atoms with Crippen molar-refractivity contribution >= 4 is 23.2 Å². The maximum atomic E-state index is 13.7. The average molecular weight is 368 g/mol. The minimum Gasteiger partial charge on any atom is -0.322 e. The molecule has 0 aliphatic carbocycles. The fraction of sp³-hybridized carbons (Fsp3) is 0.150. The topological polar surface area (TPSA) is 66.9 Å². The number of nitrogens with one attached hydrogen (secondary N) is 2. The Balaban J connectivity index is 1.74. The van der Waals surface area contributed by atoms with Gasteiger partial charge in [0.1, 0.15) is 11.6 Å². The molecule has 0 spiro atoms. The highest BCUT2D eigenvalue weighted by molar-refractivity contribution is 6.04. The maximum absolute atomic E-state index is 13.7. The second kappa shape index (κ2) is 7.49. The molecule has 0 aliphatic rings. The second-order valence-electron chi connectivity index (χ2n) is 6.27. The van der Waals surface area contributed by atoms with Crippen LogP contribution in [0.25, 0.3) is 0 Å². The smallest absolute Gasteiger partial charge is 0.258 e. The molecule has 1 amide bonds.